The molecule has 1 unspecified atom stereocenters. The van der Waals surface area contributed by atoms with Crippen molar-refractivity contribution in [3.8, 4) is 0 Å². The first-order chi connectivity index (χ1) is 13.1. The molecule has 0 fully saturated rings. The molecule has 3 aromatic carbocycles. The molecule has 1 amide bonds. The Hall–Kier alpha value is -3.33. The molecule has 1 heterocycles. The van der Waals surface area contributed by atoms with Gasteiger partial charge >= 0.3 is 0 Å². The van der Waals surface area contributed by atoms with Crippen LogP contribution in [0.4, 0.5) is 0 Å². The van der Waals surface area contributed by atoms with E-state index in [1.807, 2.05) is 60.6 Å². The Balaban J connectivity index is 1.83. The first-order valence-corrected chi connectivity index (χ1v) is 9.10. The Labute approximate surface area is 159 Å². The molecule has 3 nitrogen and oxygen atoms in total. The topological polar surface area (TPSA) is 36.1 Å². The molecule has 0 saturated carbocycles. The van der Waals surface area contributed by atoms with Gasteiger partial charge in [-0.3, -0.25) is 4.79 Å². The number of amides is 1. The summed E-state index contributed by atoms with van der Waals surface area (Å²) in [5.41, 5.74) is 5.16. The normalized spacial score (nSPS) is 12.1. The lowest BCUT2D eigenvalue weighted by Crippen LogP contribution is -2.31. The summed E-state index contributed by atoms with van der Waals surface area (Å²) >= 11 is 0. The van der Waals surface area contributed by atoms with Crippen LogP contribution in [0.1, 0.15) is 33.1 Å². The van der Waals surface area contributed by atoms with Gasteiger partial charge in [0.2, 0.25) is 0 Å². The highest BCUT2D eigenvalue weighted by Gasteiger charge is 2.26. The molecule has 1 aromatic heterocycles. The number of nitrogens with one attached hydrogen (secondary N) is 1. The molecular formula is C24H22N2O. The molecule has 0 bridgehead atoms. The van der Waals surface area contributed by atoms with Gasteiger partial charge in [0.1, 0.15) is 0 Å². The monoisotopic (exact) mass is 354 g/mol. The third-order valence-corrected chi connectivity index (χ3v) is 5.04. The van der Waals surface area contributed by atoms with Gasteiger partial charge in [-0.25, -0.2) is 0 Å². The number of H-pyrrole nitrogens is 1. The van der Waals surface area contributed by atoms with Crippen molar-refractivity contribution in [2.75, 3.05) is 7.05 Å². The summed E-state index contributed by atoms with van der Waals surface area (Å²) in [6.45, 7) is 2.07. The molecule has 4 aromatic rings. The fourth-order valence-electron chi connectivity index (χ4n) is 3.58. The molecule has 3 heteroatoms. The van der Waals surface area contributed by atoms with E-state index in [2.05, 4.69) is 48.3 Å². The Morgan fingerprint density at radius 2 is 1.56 bits per heavy atom. The third kappa shape index (κ3) is 3.24. The van der Waals surface area contributed by atoms with E-state index in [1.165, 1.54) is 5.56 Å². The molecular weight excluding hydrogens is 332 g/mol. The summed E-state index contributed by atoms with van der Waals surface area (Å²) in [5.74, 6) is 0.00598. The Bertz CT molecular complexity index is 1060. The van der Waals surface area contributed by atoms with E-state index in [-0.39, 0.29) is 11.9 Å². The van der Waals surface area contributed by atoms with Crippen molar-refractivity contribution in [3.05, 3.63) is 107 Å². The van der Waals surface area contributed by atoms with Crippen LogP contribution in [0.15, 0.2) is 85.1 Å². The molecule has 134 valence electrons. The van der Waals surface area contributed by atoms with E-state index in [0.717, 1.165) is 22.0 Å². The Morgan fingerprint density at radius 1 is 0.889 bits per heavy atom. The Morgan fingerprint density at radius 3 is 2.30 bits per heavy atom. The number of para-hydroxylation sites is 1. The summed E-state index contributed by atoms with van der Waals surface area (Å²) in [6.07, 6.45) is 2.02. The van der Waals surface area contributed by atoms with Crippen LogP contribution in [0.25, 0.3) is 10.9 Å². The molecule has 0 saturated heterocycles. The summed E-state index contributed by atoms with van der Waals surface area (Å²) < 4.78 is 0. The van der Waals surface area contributed by atoms with Gasteiger partial charge in [0, 0.05) is 35.3 Å². The first kappa shape index (κ1) is 17.1. The quantitative estimate of drug-likeness (QED) is 0.528. The van der Waals surface area contributed by atoms with Crippen LogP contribution < -0.4 is 0 Å². The van der Waals surface area contributed by atoms with Crippen LogP contribution in [0.5, 0.6) is 0 Å². The minimum atomic E-state index is -0.172. The fourth-order valence-corrected chi connectivity index (χ4v) is 3.58. The van der Waals surface area contributed by atoms with Crippen LogP contribution in [-0.4, -0.2) is 22.8 Å². The smallest absolute Gasteiger partial charge is 0.254 e. The third-order valence-electron chi connectivity index (χ3n) is 5.04. The fraction of sp³-hybridized carbons (Fsp3) is 0.125. The number of hydrogen-bond donors (Lipinski definition) is 1. The van der Waals surface area contributed by atoms with Gasteiger partial charge in [0.15, 0.2) is 0 Å². The van der Waals surface area contributed by atoms with E-state index >= 15 is 0 Å². The molecule has 27 heavy (non-hydrogen) atoms. The van der Waals surface area contributed by atoms with Crippen LogP contribution in [0, 0.1) is 6.92 Å². The number of aromatic amines is 1. The van der Waals surface area contributed by atoms with E-state index in [0.29, 0.717) is 5.56 Å². The van der Waals surface area contributed by atoms with Crippen molar-refractivity contribution in [2.24, 2.45) is 0 Å². The van der Waals surface area contributed by atoms with Crippen molar-refractivity contribution in [2.45, 2.75) is 13.0 Å². The molecule has 1 N–H and O–H groups in total. The van der Waals surface area contributed by atoms with Gasteiger partial charge in [-0.05, 0) is 30.7 Å². The molecule has 0 aliphatic rings. The van der Waals surface area contributed by atoms with E-state index in [1.54, 1.807) is 0 Å². The van der Waals surface area contributed by atoms with E-state index < -0.39 is 0 Å². The number of aromatic nitrogens is 1. The zero-order valence-corrected chi connectivity index (χ0v) is 15.5. The maximum atomic E-state index is 13.2. The van der Waals surface area contributed by atoms with Crippen molar-refractivity contribution >= 4 is 16.8 Å². The summed E-state index contributed by atoms with van der Waals surface area (Å²) in [6, 6.07) is 25.9. The highest BCUT2D eigenvalue weighted by atomic mass is 16.2. The minimum absolute atomic E-state index is 0.00598. The minimum Gasteiger partial charge on any atom is -0.361 e. The van der Waals surface area contributed by atoms with Crippen LogP contribution in [-0.2, 0) is 0 Å². The second-order valence-electron chi connectivity index (χ2n) is 6.88. The summed E-state index contributed by atoms with van der Waals surface area (Å²) in [4.78, 5) is 18.3. The van der Waals surface area contributed by atoms with Crippen LogP contribution >= 0.6 is 0 Å². The van der Waals surface area contributed by atoms with Crippen LogP contribution in [0.3, 0.4) is 0 Å². The zero-order valence-electron chi connectivity index (χ0n) is 15.5. The largest absolute Gasteiger partial charge is 0.361 e. The van der Waals surface area contributed by atoms with Gasteiger partial charge in [0.05, 0.1) is 6.04 Å². The predicted octanol–water partition coefficient (Wildman–Crippen LogP) is 5.34. The van der Waals surface area contributed by atoms with Crippen molar-refractivity contribution in [1.82, 2.24) is 9.88 Å². The number of nitrogens with zero attached hydrogens (tertiary/aromatic N) is 1. The molecule has 0 aliphatic carbocycles. The zero-order chi connectivity index (χ0) is 18.8. The second kappa shape index (κ2) is 7.12. The highest BCUT2D eigenvalue weighted by Crippen LogP contribution is 2.34. The number of carbonyl (C=O) groups excluding carboxylic acids is 1. The Kier molecular flexibility index (Phi) is 4.51. The second-order valence-corrected chi connectivity index (χ2v) is 6.88. The lowest BCUT2D eigenvalue weighted by Gasteiger charge is -2.29. The SMILES string of the molecule is Cc1ccc(C(c2c[nH]c3ccccc23)N(C)C(=O)c2ccccc2)cc1. The van der Waals surface area contributed by atoms with Gasteiger partial charge < -0.3 is 9.88 Å². The van der Waals surface area contributed by atoms with Crippen molar-refractivity contribution in [1.29, 1.82) is 0 Å². The number of fused-ring (bicyclic) bond motifs is 1. The van der Waals surface area contributed by atoms with Crippen LogP contribution in [0.2, 0.25) is 0 Å². The number of benzene rings is 3. The maximum absolute atomic E-state index is 13.2. The average Bonchev–Trinajstić information content (AvgIpc) is 3.13. The molecule has 0 aliphatic heterocycles. The molecule has 0 spiro atoms. The lowest BCUT2D eigenvalue weighted by molar-refractivity contribution is 0.0756. The molecule has 1 atom stereocenters. The summed E-state index contributed by atoms with van der Waals surface area (Å²) in [7, 11) is 1.88. The maximum Gasteiger partial charge on any atom is 0.254 e. The van der Waals surface area contributed by atoms with Gasteiger partial charge in [0.25, 0.3) is 5.91 Å². The predicted molar refractivity (Wildman–Crippen MR) is 110 cm³/mol. The molecule has 4 rings (SSSR count). The number of rotatable bonds is 4. The lowest BCUT2D eigenvalue weighted by atomic mass is 9.95. The number of hydrogen-bond acceptors (Lipinski definition) is 1. The van der Waals surface area contributed by atoms with Gasteiger partial charge in [-0.2, -0.15) is 0 Å². The van der Waals surface area contributed by atoms with Gasteiger partial charge in [-0.1, -0.05) is 66.2 Å². The number of aryl methyl sites for hydroxylation is 1. The summed E-state index contributed by atoms with van der Waals surface area (Å²) in [5, 5.41) is 1.13. The molecule has 0 radical (unpaired) electrons. The highest BCUT2D eigenvalue weighted by molar-refractivity contribution is 5.95. The van der Waals surface area contributed by atoms with E-state index in [4.69, 9.17) is 0 Å². The standard InChI is InChI=1S/C24H22N2O/c1-17-12-14-18(15-13-17)23(21-16-25-22-11-7-6-10-20(21)22)26(2)24(27)19-8-4-3-5-9-19/h3-16,23,25H,1-2H3. The van der Waals surface area contributed by atoms with Crippen molar-refractivity contribution in [3.63, 3.8) is 0 Å². The van der Waals surface area contributed by atoms with Gasteiger partial charge in [-0.15, -0.1) is 0 Å². The van der Waals surface area contributed by atoms with Crippen molar-refractivity contribution < 1.29 is 4.79 Å². The number of carbonyl (C=O) groups is 1. The van der Waals surface area contributed by atoms with E-state index in [9.17, 15) is 4.79 Å². The first-order valence-electron chi connectivity index (χ1n) is 9.10. The average molecular weight is 354 g/mol.